The molecule has 2 amide bonds. The van der Waals surface area contributed by atoms with Gasteiger partial charge in [0.1, 0.15) is 0 Å². The van der Waals surface area contributed by atoms with Crippen LogP contribution >= 0.6 is 0 Å². The fourth-order valence-corrected chi connectivity index (χ4v) is 2.42. The maximum absolute atomic E-state index is 12.2. The molecule has 1 fully saturated rings. The van der Waals surface area contributed by atoms with Crippen LogP contribution in [0.4, 0.5) is 4.79 Å². The van der Waals surface area contributed by atoms with Crippen molar-refractivity contribution in [2.45, 2.75) is 45.7 Å². The third-order valence-corrected chi connectivity index (χ3v) is 3.84. The first kappa shape index (κ1) is 15.8. The summed E-state index contributed by atoms with van der Waals surface area (Å²) in [5.74, 6) is -0.604. The molecule has 110 valence electrons. The number of carbonyl (C=O) groups excluding carboxylic acids is 1. The number of carbonyl (C=O) groups is 2. The highest BCUT2D eigenvalue weighted by Gasteiger charge is 2.35. The summed E-state index contributed by atoms with van der Waals surface area (Å²) in [6, 6.07) is -0.832. The number of hydrogen-bond donors (Lipinski definition) is 3. The fraction of sp³-hybridized carbons (Fsp3) is 0.846. The Morgan fingerprint density at radius 1 is 1.42 bits per heavy atom. The molecular formula is C13H24N2O4. The Bertz CT molecular complexity index is 333. The third kappa shape index (κ3) is 4.09. The molecule has 19 heavy (non-hydrogen) atoms. The van der Waals surface area contributed by atoms with Crippen molar-refractivity contribution in [2.24, 2.45) is 11.8 Å². The third-order valence-electron chi connectivity index (χ3n) is 3.84. The minimum atomic E-state index is -0.924. The van der Waals surface area contributed by atoms with E-state index in [0.29, 0.717) is 6.54 Å². The maximum atomic E-state index is 12.2. The van der Waals surface area contributed by atoms with Crippen molar-refractivity contribution in [2.75, 3.05) is 13.2 Å². The highest BCUT2D eigenvalue weighted by molar-refractivity contribution is 5.76. The van der Waals surface area contributed by atoms with Crippen LogP contribution in [0.25, 0.3) is 0 Å². The van der Waals surface area contributed by atoms with Gasteiger partial charge in [-0.05, 0) is 18.3 Å². The highest BCUT2D eigenvalue weighted by Crippen LogP contribution is 2.23. The normalized spacial score (nSPS) is 24.6. The minimum Gasteiger partial charge on any atom is -0.481 e. The highest BCUT2D eigenvalue weighted by atomic mass is 16.4. The van der Waals surface area contributed by atoms with E-state index < -0.39 is 5.97 Å². The van der Waals surface area contributed by atoms with Crippen molar-refractivity contribution in [3.63, 3.8) is 0 Å². The minimum absolute atomic E-state index is 0.0488. The summed E-state index contributed by atoms with van der Waals surface area (Å²) in [7, 11) is 0. The van der Waals surface area contributed by atoms with Crippen molar-refractivity contribution in [3.8, 4) is 0 Å². The van der Waals surface area contributed by atoms with E-state index in [1.807, 2.05) is 20.8 Å². The fourth-order valence-electron chi connectivity index (χ4n) is 2.42. The number of likely N-dealkylation sites (tertiary alicyclic amines) is 1. The van der Waals surface area contributed by atoms with Gasteiger partial charge < -0.3 is 20.4 Å². The van der Waals surface area contributed by atoms with Gasteiger partial charge in [-0.15, -0.1) is 0 Å². The summed E-state index contributed by atoms with van der Waals surface area (Å²) in [4.78, 5) is 24.6. The first-order valence-electron chi connectivity index (χ1n) is 6.76. The van der Waals surface area contributed by atoms with Crippen molar-refractivity contribution in [3.05, 3.63) is 0 Å². The average molecular weight is 272 g/mol. The van der Waals surface area contributed by atoms with E-state index in [1.54, 1.807) is 4.90 Å². The van der Waals surface area contributed by atoms with Crippen LogP contribution in [0.5, 0.6) is 0 Å². The number of amides is 2. The molecular weight excluding hydrogens is 248 g/mol. The Morgan fingerprint density at radius 3 is 2.53 bits per heavy atom. The molecule has 6 heteroatoms. The molecule has 0 aromatic rings. The van der Waals surface area contributed by atoms with Crippen LogP contribution in [-0.4, -0.2) is 52.3 Å². The van der Waals surface area contributed by atoms with E-state index >= 15 is 0 Å². The zero-order valence-corrected chi connectivity index (χ0v) is 11.8. The number of aliphatic carboxylic acids is 1. The largest absolute Gasteiger partial charge is 0.481 e. The predicted octanol–water partition coefficient (Wildman–Crippen LogP) is 0.898. The molecule has 0 bridgehead atoms. The lowest BCUT2D eigenvalue weighted by Gasteiger charge is -2.29. The number of nitrogens with zero attached hydrogens (tertiary/aromatic N) is 1. The lowest BCUT2D eigenvalue weighted by molar-refractivity contribution is -0.137. The molecule has 1 aliphatic heterocycles. The van der Waals surface area contributed by atoms with Crippen molar-refractivity contribution in [1.82, 2.24) is 10.2 Å². The van der Waals surface area contributed by atoms with Gasteiger partial charge in [0, 0.05) is 12.6 Å². The molecule has 3 N–H and O–H groups in total. The predicted molar refractivity (Wildman–Crippen MR) is 70.8 cm³/mol. The summed E-state index contributed by atoms with van der Waals surface area (Å²) >= 11 is 0. The summed E-state index contributed by atoms with van der Waals surface area (Å²) in [5, 5.41) is 20.9. The van der Waals surface area contributed by atoms with Gasteiger partial charge in [-0.3, -0.25) is 4.79 Å². The SMILES string of the molecule is CC(C)C(CC(=O)O)NC(=O)N1CCC(C)C1CO. The van der Waals surface area contributed by atoms with Gasteiger partial charge in [-0.25, -0.2) is 4.79 Å². The molecule has 6 nitrogen and oxygen atoms in total. The monoisotopic (exact) mass is 272 g/mol. The molecule has 0 aromatic heterocycles. The van der Waals surface area contributed by atoms with Crippen molar-refractivity contribution < 1.29 is 19.8 Å². The zero-order valence-electron chi connectivity index (χ0n) is 11.8. The van der Waals surface area contributed by atoms with E-state index in [2.05, 4.69) is 5.32 Å². The molecule has 1 rings (SSSR count). The molecule has 3 atom stereocenters. The van der Waals surface area contributed by atoms with Gasteiger partial charge in [0.25, 0.3) is 0 Å². The van der Waals surface area contributed by atoms with E-state index in [1.165, 1.54) is 0 Å². The Balaban J connectivity index is 2.64. The summed E-state index contributed by atoms with van der Waals surface area (Å²) in [6.07, 6.45) is 0.778. The molecule has 0 aliphatic carbocycles. The molecule has 0 spiro atoms. The van der Waals surface area contributed by atoms with Crippen LogP contribution in [0.15, 0.2) is 0 Å². The number of aliphatic hydroxyl groups is 1. The Morgan fingerprint density at radius 2 is 2.05 bits per heavy atom. The van der Waals surface area contributed by atoms with Crippen LogP contribution in [0.1, 0.15) is 33.6 Å². The average Bonchev–Trinajstić information content (AvgIpc) is 2.68. The number of carboxylic acid groups (broad SMARTS) is 1. The summed E-state index contributed by atoms with van der Waals surface area (Å²) in [5.41, 5.74) is 0. The molecule has 0 saturated carbocycles. The molecule has 3 unspecified atom stereocenters. The van der Waals surface area contributed by atoms with Crippen LogP contribution < -0.4 is 5.32 Å². The second-order valence-electron chi connectivity index (χ2n) is 5.61. The van der Waals surface area contributed by atoms with Crippen molar-refractivity contribution in [1.29, 1.82) is 0 Å². The van der Waals surface area contributed by atoms with Gasteiger partial charge in [-0.1, -0.05) is 20.8 Å². The van der Waals surface area contributed by atoms with Gasteiger partial charge in [0.2, 0.25) is 0 Å². The topological polar surface area (TPSA) is 89.9 Å². The summed E-state index contributed by atoms with van der Waals surface area (Å²) in [6.45, 7) is 6.31. The summed E-state index contributed by atoms with van der Waals surface area (Å²) < 4.78 is 0. The van der Waals surface area contributed by atoms with E-state index in [4.69, 9.17) is 5.11 Å². The first-order valence-corrected chi connectivity index (χ1v) is 6.76. The van der Waals surface area contributed by atoms with E-state index in [9.17, 15) is 14.7 Å². The second-order valence-corrected chi connectivity index (χ2v) is 5.61. The van der Waals surface area contributed by atoms with Crippen LogP contribution in [-0.2, 0) is 4.79 Å². The molecule has 0 radical (unpaired) electrons. The first-order chi connectivity index (χ1) is 8.86. The lowest BCUT2D eigenvalue weighted by Crippen LogP contribution is -2.50. The number of rotatable bonds is 5. The van der Waals surface area contributed by atoms with Crippen LogP contribution in [0, 0.1) is 11.8 Å². The Labute approximate surface area is 113 Å². The Kier molecular flexibility index (Phi) is 5.60. The van der Waals surface area contributed by atoms with Crippen molar-refractivity contribution >= 4 is 12.0 Å². The number of aliphatic hydroxyl groups excluding tert-OH is 1. The molecule has 1 aliphatic rings. The zero-order chi connectivity index (χ0) is 14.6. The number of nitrogens with one attached hydrogen (secondary N) is 1. The Hall–Kier alpha value is -1.30. The number of hydrogen-bond acceptors (Lipinski definition) is 3. The van der Waals surface area contributed by atoms with Gasteiger partial charge >= 0.3 is 12.0 Å². The lowest BCUT2D eigenvalue weighted by atomic mass is 10.0. The van der Waals surface area contributed by atoms with E-state index in [-0.39, 0.29) is 43.0 Å². The van der Waals surface area contributed by atoms with E-state index in [0.717, 1.165) is 6.42 Å². The van der Waals surface area contributed by atoms with Gasteiger partial charge in [0.15, 0.2) is 0 Å². The standard InChI is InChI=1S/C13H24N2O4/c1-8(2)10(6-12(17)18)14-13(19)15-5-4-9(3)11(15)7-16/h8-11,16H,4-7H2,1-3H3,(H,14,19)(H,17,18). The van der Waals surface area contributed by atoms with Crippen LogP contribution in [0.3, 0.4) is 0 Å². The quantitative estimate of drug-likeness (QED) is 0.693. The van der Waals surface area contributed by atoms with Gasteiger partial charge in [-0.2, -0.15) is 0 Å². The smallest absolute Gasteiger partial charge is 0.317 e. The van der Waals surface area contributed by atoms with Gasteiger partial charge in [0.05, 0.1) is 19.1 Å². The number of urea groups is 1. The molecule has 1 heterocycles. The maximum Gasteiger partial charge on any atom is 0.317 e. The van der Waals surface area contributed by atoms with Crippen LogP contribution in [0.2, 0.25) is 0 Å². The number of carboxylic acids is 1. The molecule has 0 aromatic carbocycles. The second kappa shape index (κ2) is 6.75. The molecule has 1 saturated heterocycles.